The van der Waals surface area contributed by atoms with E-state index in [-0.39, 0.29) is 6.42 Å². The second kappa shape index (κ2) is 4.39. The summed E-state index contributed by atoms with van der Waals surface area (Å²) in [6.45, 7) is 0.403. The second-order valence-electron chi connectivity index (χ2n) is 2.29. The highest BCUT2D eigenvalue weighted by molar-refractivity contribution is 7.92. The first-order valence-corrected chi connectivity index (χ1v) is 5.17. The molecule has 0 saturated heterocycles. The quantitative estimate of drug-likeness (QED) is 0.686. The molecule has 0 aromatic carbocycles. The third kappa shape index (κ3) is 2.77. The van der Waals surface area contributed by atoms with Crippen molar-refractivity contribution in [2.24, 2.45) is 0 Å². The molecule has 0 saturated carbocycles. The van der Waals surface area contributed by atoms with Crippen LogP contribution in [0.4, 0.5) is 4.39 Å². The van der Waals surface area contributed by atoms with Crippen molar-refractivity contribution in [3.8, 4) is 0 Å². The first kappa shape index (κ1) is 11.4. The van der Waals surface area contributed by atoms with E-state index in [1.807, 2.05) is 0 Å². The van der Waals surface area contributed by atoms with E-state index in [1.54, 1.807) is 0 Å². The molecule has 0 fully saturated rings. The topological polar surface area (TPSA) is 71.4 Å². The summed E-state index contributed by atoms with van der Waals surface area (Å²) in [4.78, 5) is 10.4. The molecule has 0 heterocycles. The number of aliphatic carboxylic acids is 1. The summed E-state index contributed by atoms with van der Waals surface area (Å²) in [6.07, 6.45) is -0.0301. The fourth-order valence-electron chi connectivity index (χ4n) is 0.832. The zero-order valence-corrected chi connectivity index (χ0v) is 7.47. The number of carboxylic acid groups (broad SMARTS) is 1. The first-order valence-electron chi connectivity index (χ1n) is 3.46. The van der Waals surface area contributed by atoms with Gasteiger partial charge in [-0.3, -0.25) is 4.79 Å². The Labute approximate surface area is 70.3 Å². The molecule has 0 aliphatic heterocycles. The standard InChI is InChI=1S/C6H11FO4S/c1-2-5(6(8)9)12(10,11)4-3-7/h5H,2-4H2,1H3,(H,8,9). The van der Waals surface area contributed by atoms with Gasteiger partial charge in [-0.15, -0.1) is 0 Å². The van der Waals surface area contributed by atoms with Crippen LogP contribution < -0.4 is 0 Å². The van der Waals surface area contributed by atoms with Crippen LogP contribution in [0.25, 0.3) is 0 Å². The maximum atomic E-state index is 11.7. The Morgan fingerprint density at radius 3 is 2.33 bits per heavy atom. The average molecular weight is 198 g/mol. The minimum Gasteiger partial charge on any atom is -0.480 e. The lowest BCUT2D eigenvalue weighted by molar-refractivity contribution is -0.136. The fourth-order valence-corrected chi connectivity index (χ4v) is 2.15. The molecule has 0 rings (SSSR count). The number of halogens is 1. The van der Waals surface area contributed by atoms with E-state index >= 15 is 0 Å². The Morgan fingerprint density at radius 1 is 1.58 bits per heavy atom. The molecule has 0 aromatic rings. The number of sulfone groups is 1. The van der Waals surface area contributed by atoms with Gasteiger partial charge >= 0.3 is 5.97 Å². The molecule has 72 valence electrons. The third-order valence-electron chi connectivity index (χ3n) is 1.44. The Balaban J connectivity index is 4.61. The molecule has 0 radical (unpaired) electrons. The van der Waals surface area contributed by atoms with Gasteiger partial charge in [-0.1, -0.05) is 6.92 Å². The van der Waals surface area contributed by atoms with Crippen molar-refractivity contribution in [3.05, 3.63) is 0 Å². The number of carbonyl (C=O) groups is 1. The van der Waals surface area contributed by atoms with E-state index in [9.17, 15) is 17.6 Å². The van der Waals surface area contributed by atoms with Crippen LogP contribution in [0.3, 0.4) is 0 Å². The summed E-state index contributed by atoms with van der Waals surface area (Å²) >= 11 is 0. The Kier molecular flexibility index (Phi) is 4.16. The minimum atomic E-state index is -3.80. The maximum Gasteiger partial charge on any atom is 0.321 e. The van der Waals surface area contributed by atoms with Crippen molar-refractivity contribution in [2.45, 2.75) is 18.6 Å². The molecule has 0 spiro atoms. The Bertz CT molecular complexity index is 246. The van der Waals surface area contributed by atoms with Crippen LogP contribution in [0.1, 0.15) is 13.3 Å². The van der Waals surface area contributed by atoms with Gasteiger partial charge in [-0.05, 0) is 6.42 Å². The highest BCUT2D eigenvalue weighted by Gasteiger charge is 2.29. The number of hydrogen-bond donors (Lipinski definition) is 1. The normalized spacial score (nSPS) is 14.2. The van der Waals surface area contributed by atoms with Gasteiger partial charge in [0, 0.05) is 0 Å². The van der Waals surface area contributed by atoms with Gasteiger partial charge in [0.05, 0.1) is 5.75 Å². The lowest BCUT2D eigenvalue weighted by Crippen LogP contribution is -2.31. The molecule has 1 atom stereocenters. The lowest BCUT2D eigenvalue weighted by Gasteiger charge is -2.08. The van der Waals surface area contributed by atoms with Gasteiger partial charge in [0.15, 0.2) is 15.1 Å². The van der Waals surface area contributed by atoms with Crippen molar-refractivity contribution >= 4 is 15.8 Å². The predicted octanol–water partition coefficient (Wildman–Crippen LogP) is 0.234. The van der Waals surface area contributed by atoms with Crippen LogP contribution in [-0.4, -0.2) is 37.2 Å². The summed E-state index contributed by atoms with van der Waals surface area (Å²) in [5, 5.41) is 6.97. The fraction of sp³-hybridized carbons (Fsp3) is 0.833. The molecule has 0 aromatic heterocycles. The van der Waals surface area contributed by atoms with Crippen molar-refractivity contribution in [3.63, 3.8) is 0 Å². The highest BCUT2D eigenvalue weighted by atomic mass is 32.2. The van der Waals surface area contributed by atoms with Crippen molar-refractivity contribution in [2.75, 3.05) is 12.4 Å². The van der Waals surface area contributed by atoms with Gasteiger partial charge < -0.3 is 5.11 Å². The van der Waals surface area contributed by atoms with Crippen LogP contribution in [0.5, 0.6) is 0 Å². The van der Waals surface area contributed by atoms with Gasteiger partial charge in [-0.25, -0.2) is 12.8 Å². The molecular weight excluding hydrogens is 187 g/mol. The number of rotatable bonds is 5. The Morgan fingerprint density at radius 2 is 2.08 bits per heavy atom. The molecule has 12 heavy (non-hydrogen) atoms. The van der Waals surface area contributed by atoms with Crippen LogP contribution in [0.15, 0.2) is 0 Å². The zero-order chi connectivity index (χ0) is 9.78. The summed E-state index contributed by atoms with van der Waals surface area (Å²) in [7, 11) is -3.80. The van der Waals surface area contributed by atoms with Gasteiger partial charge in [0.25, 0.3) is 0 Å². The maximum absolute atomic E-state index is 11.7. The third-order valence-corrected chi connectivity index (χ3v) is 3.57. The molecular formula is C6H11FO4S. The molecule has 0 bridgehead atoms. The van der Waals surface area contributed by atoms with Gasteiger partial charge in [-0.2, -0.15) is 0 Å². The zero-order valence-electron chi connectivity index (χ0n) is 6.66. The molecule has 4 nitrogen and oxygen atoms in total. The second-order valence-corrected chi connectivity index (χ2v) is 4.59. The summed E-state index contributed by atoms with van der Waals surface area (Å²) in [5.41, 5.74) is 0. The van der Waals surface area contributed by atoms with Gasteiger partial charge in [0.2, 0.25) is 0 Å². The van der Waals surface area contributed by atoms with Crippen molar-refractivity contribution in [1.82, 2.24) is 0 Å². The lowest BCUT2D eigenvalue weighted by atomic mass is 10.3. The summed E-state index contributed by atoms with van der Waals surface area (Å²) < 4.78 is 33.6. The van der Waals surface area contributed by atoms with Crippen LogP contribution in [0, 0.1) is 0 Å². The van der Waals surface area contributed by atoms with Crippen LogP contribution in [0.2, 0.25) is 0 Å². The molecule has 0 aliphatic rings. The monoisotopic (exact) mass is 198 g/mol. The van der Waals surface area contributed by atoms with Crippen molar-refractivity contribution in [1.29, 1.82) is 0 Å². The SMILES string of the molecule is CCC(C(=O)O)S(=O)(=O)CCF. The summed E-state index contributed by atoms with van der Waals surface area (Å²) in [6, 6.07) is 0. The molecule has 0 aliphatic carbocycles. The van der Waals surface area contributed by atoms with Gasteiger partial charge in [0.1, 0.15) is 6.67 Å². The van der Waals surface area contributed by atoms with Crippen LogP contribution in [-0.2, 0) is 14.6 Å². The molecule has 1 unspecified atom stereocenters. The Hall–Kier alpha value is -0.650. The molecule has 6 heteroatoms. The first-order chi connectivity index (χ1) is 5.45. The van der Waals surface area contributed by atoms with E-state index in [4.69, 9.17) is 5.11 Å². The highest BCUT2D eigenvalue weighted by Crippen LogP contribution is 2.07. The average Bonchev–Trinajstić information content (AvgIpc) is 1.86. The van der Waals surface area contributed by atoms with E-state index in [2.05, 4.69) is 0 Å². The predicted molar refractivity (Wildman–Crippen MR) is 41.5 cm³/mol. The van der Waals surface area contributed by atoms with Crippen LogP contribution >= 0.6 is 0 Å². The van der Waals surface area contributed by atoms with Crippen molar-refractivity contribution < 1.29 is 22.7 Å². The molecule has 0 amide bonds. The van der Waals surface area contributed by atoms with E-state index in [0.717, 1.165) is 0 Å². The minimum absolute atomic E-state index is 0.0301. The van der Waals surface area contributed by atoms with E-state index < -0.39 is 33.5 Å². The number of carboxylic acids is 1. The smallest absolute Gasteiger partial charge is 0.321 e. The van der Waals surface area contributed by atoms with E-state index in [1.165, 1.54) is 6.92 Å². The van der Waals surface area contributed by atoms with E-state index in [0.29, 0.717) is 0 Å². The largest absolute Gasteiger partial charge is 0.480 e. The number of alkyl halides is 1. The molecule has 1 N–H and O–H groups in total. The number of hydrogen-bond acceptors (Lipinski definition) is 3. The summed E-state index contributed by atoms with van der Waals surface area (Å²) in [5.74, 6) is -2.12.